The third kappa shape index (κ3) is 5.67. The minimum absolute atomic E-state index is 0.0985. The molecule has 160 valence electrons. The summed E-state index contributed by atoms with van der Waals surface area (Å²) in [6.45, 7) is 5.67. The molecule has 1 heterocycles. The van der Waals surface area contributed by atoms with Gasteiger partial charge in [-0.25, -0.2) is 4.39 Å². The van der Waals surface area contributed by atoms with E-state index in [1.54, 1.807) is 53.1 Å². The fourth-order valence-corrected chi connectivity index (χ4v) is 3.93. The van der Waals surface area contributed by atoms with Crippen LogP contribution in [0.4, 0.5) is 10.1 Å². The van der Waals surface area contributed by atoms with Crippen LogP contribution in [0.1, 0.15) is 30.1 Å². The van der Waals surface area contributed by atoms with E-state index in [1.807, 2.05) is 0 Å². The predicted octanol–water partition coefficient (Wildman–Crippen LogP) is 4.98. The van der Waals surface area contributed by atoms with Crippen molar-refractivity contribution in [1.29, 1.82) is 0 Å². The number of para-hydroxylation sites is 1. The lowest BCUT2D eigenvalue weighted by Gasteiger charge is -2.09. The van der Waals surface area contributed by atoms with Gasteiger partial charge in [0.2, 0.25) is 5.91 Å². The number of carbonyl (C=O) groups excluding carboxylic acids is 2. The fourth-order valence-electron chi connectivity index (χ4n) is 3.04. The third-order valence-corrected chi connectivity index (χ3v) is 5.56. The van der Waals surface area contributed by atoms with Gasteiger partial charge in [-0.1, -0.05) is 42.1 Å². The van der Waals surface area contributed by atoms with Crippen molar-refractivity contribution in [2.24, 2.45) is 0 Å². The number of aromatic nitrogens is 3. The van der Waals surface area contributed by atoms with Crippen molar-refractivity contribution >= 4 is 29.1 Å². The smallest absolute Gasteiger partial charge is 0.224 e. The number of Topliss-reactive ketones (excluding diaryl/α,β-unsaturated/α-hetero) is 1. The Morgan fingerprint density at radius 3 is 2.65 bits per heavy atom. The molecule has 3 aromatic rings. The highest BCUT2D eigenvalue weighted by molar-refractivity contribution is 7.99. The van der Waals surface area contributed by atoms with E-state index in [1.165, 1.54) is 24.8 Å². The number of anilines is 1. The van der Waals surface area contributed by atoms with Crippen molar-refractivity contribution in [3.8, 4) is 11.4 Å². The zero-order chi connectivity index (χ0) is 22.2. The zero-order valence-corrected chi connectivity index (χ0v) is 18.0. The van der Waals surface area contributed by atoms with Crippen LogP contribution in [0.5, 0.6) is 0 Å². The number of amides is 1. The molecule has 1 N–H and O–H groups in total. The molecule has 0 aliphatic carbocycles. The van der Waals surface area contributed by atoms with E-state index >= 15 is 0 Å². The number of halogens is 1. The van der Waals surface area contributed by atoms with Crippen LogP contribution < -0.4 is 5.32 Å². The Bertz CT molecular complexity index is 1100. The molecule has 0 unspecified atom stereocenters. The summed E-state index contributed by atoms with van der Waals surface area (Å²) >= 11 is 1.45. The first-order chi connectivity index (χ1) is 15.0. The first-order valence-electron chi connectivity index (χ1n) is 9.83. The molecular weight excluding hydrogens is 415 g/mol. The van der Waals surface area contributed by atoms with Gasteiger partial charge in [0, 0.05) is 24.3 Å². The van der Waals surface area contributed by atoms with Gasteiger partial charge in [0.25, 0.3) is 0 Å². The molecule has 3 rings (SSSR count). The summed E-state index contributed by atoms with van der Waals surface area (Å²) < 4.78 is 16.0. The minimum atomic E-state index is -0.362. The van der Waals surface area contributed by atoms with Gasteiger partial charge in [0.15, 0.2) is 16.8 Å². The molecule has 0 saturated carbocycles. The Morgan fingerprint density at radius 2 is 1.90 bits per heavy atom. The first-order valence-corrected chi connectivity index (χ1v) is 10.8. The summed E-state index contributed by atoms with van der Waals surface area (Å²) in [5.74, 6) is 0.458. The average molecular weight is 439 g/mol. The second-order valence-electron chi connectivity index (χ2n) is 6.79. The van der Waals surface area contributed by atoms with Gasteiger partial charge in [0.1, 0.15) is 5.82 Å². The van der Waals surface area contributed by atoms with E-state index in [-0.39, 0.29) is 17.5 Å². The van der Waals surface area contributed by atoms with Crippen LogP contribution in [-0.4, -0.2) is 32.2 Å². The highest BCUT2D eigenvalue weighted by Crippen LogP contribution is 2.26. The van der Waals surface area contributed by atoms with Crippen molar-refractivity contribution in [3.05, 3.63) is 72.6 Å². The Morgan fingerprint density at radius 1 is 1.16 bits per heavy atom. The maximum atomic E-state index is 14.2. The normalized spacial score (nSPS) is 10.6. The number of benzene rings is 2. The quantitative estimate of drug-likeness (QED) is 0.209. The van der Waals surface area contributed by atoms with Gasteiger partial charge in [-0.2, -0.15) is 0 Å². The van der Waals surface area contributed by atoms with Crippen LogP contribution in [0.3, 0.4) is 0 Å². The molecule has 8 heteroatoms. The molecular formula is C23H23FN4O2S. The summed E-state index contributed by atoms with van der Waals surface area (Å²) in [6, 6.07) is 13.4. The molecule has 6 nitrogen and oxygen atoms in total. The SMILES string of the molecule is C=CCn1c(SCCCC(=O)Nc2ccccc2C(C)=O)nnc1-c1ccccc1F. The molecule has 0 aliphatic rings. The maximum Gasteiger partial charge on any atom is 0.224 e. The molecule has 0 fully saturated rings. The largest absolute Gasteiger partial charge is 0.325 e. The molecule has 0 spiro atoms. The van der Waals surface area contributed by atoms with Crippen molar-refractivity contribution in [2.45, 2.75) is 31.5 Å². The molecule has 0 saturated heterocycles. The summed E-state index contributed by atoms with van der Waals surface area (Å²) in [5.41, 5.74) is 1.39. The van der Waals surface area contributed by atoms with E-state index < -0.39 is 0 Å². The highest BCUT2D eigenvalue weighted by atomic mass is 32.2. The first kappa shape index (κ1) is 22.4. The van der Waals surface area contributed by atoms with Gasteiger partial charge in [-0.3, -0.25) is 14.2 Å². The zero-order valence-electron chi connectivity index (χ0n) is 17.2. The fraction of sp³-hybridized carbons (Fsp3) is 0.217. The van der Waals surface area contributed by atoms with E-state index in [2.05, 4.69) is 22.1 Å². The molecule has 0 bridgehead atoms. The van der Waals surface area contributed by atoms with Crippen LogP contribution in [0.15, 0.2) is 66.3 Å². The van der Waals surface area contributed by atoms with E-state index in [9.17, 15) is 14.0 Å². The topological polar surface area (TPSA) is 76.9 Å². The molecule has 1 amide bonds. The number of ketones is 1. The number of hydrogen-bond acceptors (Lipinski definition) is 5. The summed E-state index contributed by atoms with van der Waals surface area (Å²) in [5, 5.41) is 11.8. The Kier molecular flexibility index (Phi) is 7.72. The van der Waals surface area contributed by atoms with Crippen LogP contribution in [0, 0.1) is 5.82 Å². The maximum absolute atomic E-state index is 14.2. The Labute approximate surface area is 184 Å². The number of hydrogen-bond donors (Lipinski definition) is 1. The number of carbonyl (C=O) groups is 2. The lowest BCUT2D eigenvalue weighted by atomic mass is 10.1. The van der Waals surface area contributed by atoms with E-state index in [0.717, 1.165) is 0 Å². The molecule has 0 atom stereocenters. The van der Waals surface area contributed by atoms with Crippen molar-refractivity contribution in [3.63, 3.8) is 0 Å². The lowest BCUT2D eigenvalue weighted by Crippen LogP contribution is -2.14. The van der Waals surface area contributed by atoms with E-state index in [0.29, 0.717) is 52.9 Å². The molecule has 0 radical (unpaired) electrons. The minimum Gasteiger partial charge on any atom is -0.325 e. The van der Waals surface area contributed by atoms with Gasteiger partial charge < -0.3 is 5.32 Å². The van der Waals surface area contributed by atoms with Gasteiger partial charge in [0.05, 0.1) is 11.3 Å². The van der Waals surface area contributed by atoms with Crippen molar-refractivity contribution in [2.75, 3.05) is 11.1 Å². The molecule has 1 aromatic heterocycles. The van der Waals surface area contributed by atoms with Crippen molar-refractivity contribution in [1.82, 2.24) is 14.8 Å². The molecule has 31 heavy (non-hydrogen) atoms. The van der Waals surface area contributed by atoms with Crippen LogP contribution in [-0.2, 0) is 11.3 Å². The van der Waals surface area contributed by atoms with Gasteiger partial charge in [-0.15, -0.1) is 16.8 Å². The van der Waals surface area contributed by atoms with Gasteiger partial charge in [-0.05, 0) is 37.6 Å². The van der Waals surface area contributed by atoms with E-state index in [4.69, 9.17) is 0 Å². The monoisotopic (exact) mass is 438 g/mol. The number of thioether (sulfide) groups is 1. The number of allylic oxidation sites excluding steroid dienone is 1. The van der Waals surface area contributed by atoms with Gasteiger partial charge >= 0.3 is 0 Å². The highest BCUT2D eigenvalue weighted by Gasteiger charge is 2.16. The summed E-state index contributed by atoms with van der Waals surface area (Å²) in [7, 11) is 0. The average Bonchev–Trinajstić information content (AvgIpc) is 3.14. The standard InChI is InChI=1S/C23H23FN4O2S/c1-3-14-28-22(18-10-4-6-11-19(18)24)26-27-23(28)31-15-8-13-21(30)25-20-12-7-5-9-17(20)16(2)29/h3-7,9-12H,1,8,13-15H2,2H3,(H,25,30). The van der Waals surface area contributed by atoms with Crippen LogP contribution in [0.25, 0.3) is 11.4 Å². The summed E-state index contributed by atoms with van der Waals surface area (Å²) in [6.07, 6.45) is 2.61. The number of nitrogens with one attached hydrogen (secondary N) is 1. The lowest BCUT2D eigenvalue weighted by molar-refractivity contribution is -0.116. The van der Waals surface area contributed by atoms with Crippen molar-refractivity contribution < 1.29 is 14.0 Å². The third-order valence-electron chi connectivity index (χ3n) is 4.50. The Hall–Kier alpha value is -3.26. The number of rotatable bonds is 10. The summed E-state index contributed by atoms with van der Waals surface area (Å²) in [4.78, 5) is 24.0. The second kappa shape index (κ2) is 10.7. The molecule has 2 aromatic carbocycles. The Balaban J connectivity index is 1.59. The molecule has 0 aliphatic heterocycles. The number of nitrogens with zero attached hydrogens (tertiary/aromatic N) is 3. The predicted molar refractivity (Wildman–Crippen MR) is 121 cm³/mol. The van der Waals surface area contributed by atoms with Crippen LogP contribution >= 0.6 is 11.8 Å². The second-order valence-corrected chi connectivity index (χ2v) is 7.85. The van der Waals surface area contributed by atoms with Crippen LogP contribution in [0.2, 0.25) is 0 Å².